The van der Waals surface area contributed by atoms with E-state index in [0.29, 0.717) is 72.0 Å². The summed E-state index contributed by atoms with van der Waals surface area (Å²) in [5.74, 6) is -3.83. The van der Waals surface area contributed by atoms with Crippen LogP contribution in [0.3, 0.4) is 0 Å². The molecule has 0 amide bonds. The number of hydrogen-bond donors (Lipinski definition) is 2. The number of benzene rings is 6. The lowest BCUT2D eigenvalue weighted by molar-refractivity contribution is -0.119. The molecule has 14 nitrogen and oxygen atoms in total. The fourth-order valence-corrected chi connectivity index (χ4v) is 13.0. The van der Waals surface area contributed by atoms with Gasteiger partial charge in [-0.25, -0.2) is 55.9 Å². The third-order valence-corrected chi connectivity index (χ3v) is 17.2. The van der Waals surface area contributed by atoms with Crippen LogP contribution in [-0.4, -0.2) is 77.6 Å². The second-order valence-corrected chi connectivity index (χ2v) is 23.6. The third kappa shape index (κ3) is 11.3. The first-order valence-electron chi connectivity index (χ1n) is 28.1. The lowest BCUT2D eigenvalue weighted by Crippen LogP contribution is -2.56. The second-order valence-electron chi connectivity index (χ2n) is 22.7. The first-order valence-corrected chi connectivity index (χ1v) is 28.8. The summed E-state index contributed by atoms with van der Waals surface area (Å²) >= 11 is 11.6. The van der Waals surface area contributed by atoms with Crippen LogP contribution in [0.1, 0.15) is 80.3 Å². The van der Waals surface area contributed by atoms with Crippen LogP contribution in [0.4, 0.5) is 26.3 Å². The maximum atomic E-state index is 15.6. The summed E-state index contributed by atoms with van der Waals surface area (Å²) in [4.78, 5) is 41.5. The van der Waals surface area contributed by atoms with E-state index in [-0.39, 0.29) is 104 Å². The lowest BCUT2D eigenvalue weighted by atomic mass is 9.66. The number of halogens is 8. The number of aromatic carboxylic acids is 2. The number of nitrogens with zero attached hydrogens (tertiary/aromatic N) is 6. The average Bonchev–Trinajstić information content (AvgIpc) is 1.54. The Hall–Kier alpha value is -8.82. The van der Waals surface area contributed by atoms with Gasteiger partial charge in [0.2, 0.25) is 11.8 Å². The van der Waals surface area contributed by atoms with Gasteiger partial charge in [-0.1, -0.05) is 47.5 Å². The van der Waals surface area contributed by atoms with Gasteiger partial charge in [-0.3, -0.25) is 0 Å². The molecular weight excluding hydrogens is 1190 g/mol. The minimum Gasteiger partial charge on any atom is -0.478 e. The summed E-state index contributed by atoms with van der Waals surface area (Å²) in [5.41, 5.74) is 2.70. The van der Waals surface area contributed by atoms with Gasteiger partial charge in [-0.2, -0.15) is 0 Å². The minimum absolute atomic E-state index is 0.0181. The normalized spacial score (nSPS) is 19.1. The predicted molar refractivity (Wildman–Crippen MR) is 313 cm³/mol. The maximum Gasteiger partial charge on any atom is 0.335 e. The molecule has 16 rings (SSSR count). The van der Waals surface area contributed by atoms with Gasteiger partial charge in [0.1, 0.15) is 59.8 Å². The Bertz CT molecular complexity index is 4150. The van der Waals surface area contributed by atoms with Gasteiger partial charge in [0, 0.05) is 70.5 Å². The smallest absolute Gasteiger partial charge is 0.335 e. The molecule has 0 atom stereocenters. The first-order chi connectivity index (χ1) is 42.4. The number of carboxylic acid groups (broad SMARTS) is 2. The van der Waals surface area contributed by atoms with Crippen molar-refractivity contribution in [2.75, 3.05) is 26.4 Å². The van der Waals surface area contributed by atoms with Gasteiger partial charge in [-0.05, 0) is 146 Å². The highest BCUT2D eigenvalue weighted by molar-refractivity contribution is 6.30. The molecule has 4 bridgehead atoms. The monoisotopic (exact) mass is 1240 g/mol. The SMILES string of the molecule is O=C(O)c1ccc2nc(Cc3cc(F)c(-c4cccc(OCc5ccc(Cl)cc5F)n4)cc3F)n(C34COCC(C3)C4)c2c1.O=C(O)c1ccc2nc(Cc3cc(F)c(-c4cccc(OCc5ccc(Cl)cc5F)n4)cc3F)n(C34COCC(C3)C4)c2c1. The highest BCUT2D eigenvalue weighted by atomic mass is 35.5. The Morgan fingerprint density at radius 3 is 1.28 bits per heavy atom. The summed E-state index contributed by atoms with van der Waals surface area (Å²) in [6.45, 7) is 1.95. The van der Waals surface area contributed by atoms with Crippen molar-refractivity contribution in [1.29, 1.82) is 0 Å². The Morgan fingerprint density at radius 1 is 0.500 bits per heavy atom. The van der Waals surface area contributed by atoms with Crippen LogP contribution in [0.5, 0.6) is 11.8 Å². The zero-order chi connectivity index (χ0) is 61.2. The van der Waals surface area contributed by atoms with Crippen LogP contribution < -0.4 is 9.47 Å². The van der Waals surface area contributed by atoms with Crippen LogP contribution in [0.2, 0.25) is 10.0 Å². The van der Waals surface area contributed by atoms with E-state index in [1.54, 1.807) is 60.7 Å². The summed E-state index contributed by atoms with van der Waals surface area (Å²) in [7, 11) is 0. The van der Waals surface area contributed by atoms with E-state index < -0.39 is 57.9 Å². The van der Waals surface area contributed by atoms with Gasteiger partial charge in [0.15, 0.2) is 0 Å². The largest absolute Gasteiger partial charge is 0.478 e. The van der Waals surface area contributed by atoms with Gasteiger partial charge in [0.25, 0.3) is 0 Å². The predicted octanol–water partition coefficient (Wildman–Crippen LogP) is 14.3. The van der Waals surface area contributed by atoms with Gasteiger partial charge < -0.3 is 38.3 Å². The lowest BCUT2D eigenvalue weighted by Gasteiger charge is -2.53. The summed E-state index contributed by atoms with van der Waals surface area (Å²) in [5, 5.41) is 19.7. The number of rotatable bonds is 16. The Morgan fingerprint density at radius 2 is 0.909 bits per heavy atom. The number of imidazole rings is 2. The van der Waals surface area contributed by atoms with E-state index in [1.165, 1.54) is 48.5 Å². The Labute approximate surface area is 507 Å². The number of pyridine rings is 2. The number of carboxylic acids is 2. The van der Waals surface area contributed by atoms with E-state index in [0.717, 1.165) is 49.9 Å². The Kier molecular flexibility index (Phi) is 15.5. The van der Waals surface area contributed by atoms with Crippen molar-refractivity contribution in [2.24, 2.45) is 11.8 Å². The Balaban J connectivity index is 0.000000162. The van der Waals surface area contributed by atoms with Gasteiger partial charge in [-0.15, -0.1) is 0 Å². The van der Waals surface area contributed by atoms with Crippen molar-refractivity contribution in [1.82, 2.24) is 29.1 Å². The molecule has 0 radical (unpaired) electrons. The fourth-order valence-electron chi connectivity index (χ4n) is 12.7. The highest BCUT2D eigenvalue weighted by Crippen LogP contribution is 2.51. The van der Waals surface area contributed by atoms with Crippen molar-refractivity contribution in [3.63, 3.8) is 0 Å². The standard InChI is InChI=1S/2C33H25ClF3N3O4/c2*34-22-6-4-20(24(35)11-22)16-44-31-3-1-2-27(39-31)23-12-25(36)21(8-26(23)37)10-30-38-28-7-5-19(32(41)42)9-29(28)40(30)33-13-18(14-33)15-43-17-33/h2*1-9,11-12,18H,10,13-17H2,(H,41,42). The number of ether oxygens (including phenoxy) is 4. The quantitative estimate of drug-likeness (QED) is 0.0878. The zero-order valence-corrected chi connectivity index (χ0v) is 47.9. The van der Waals surface area contributed by atoms with E-state index in [2.05, 4.69) is 9.97 Å². The van der Waals surface area contributed by atoms with E-state index in [4.69, 9.17) is 52.1 Å². The van der Waals surface area contributed by atoms with Gasteiger partial charge >= 0.3 is 11.9 Å². The molecule has 448 valence electrons. The number of hydrogen-bond acceptors (Lipinski definition) is 10. The molecule has 6 aromatic carbocycles. The summed E-state index contributed by atoms with van der Waals surface area (Å²) in [6.07, 6.45) is 3.33. The second kappa shape index (κ2) is 23.4. The summed E-state index contributed by atoms with van der Waals surface area (Å²) < 4.78 is 117. The minimum atomic E-state index is -1.06. The molecule has 2 saturated carbocycles. The van der Waals surface area contributed by atoms with Crippen LogP contribution in [0.25, 0.3) is 44.6 Å². The third-order valence-electron chi connectivity index (χ3n) is 16.8. The molecule has 8 heterocycles. The molecule has 22 heteroatoms. The van der Waals surface area contributed by atoms with Crippen molar-refractivity contribution in [3.05, 3.63) is 223 Å². The summed E-state index contributed by atoms with van der Waals surface area (Å²) in [6, 6.07) is 31.6. The van der Waals surface area contributed by atoms with E-state index in [9.17, 15) is 28.6 Å². The maximum absolute atomic E-state index is 15.6. The van der Waals surface area contributed by atoms with Crippen LogP contribution in [0, 0.1) is 46.7 Å². The van der Waals surface area contributed by atoms with Crippen LogP contribution in [0.15, 0.2) is 133 Å². The molecule has 2 aliphatic carbocycles. The van der Waals surface area contributed by atoms with Crippen molar-refractivity contribution in [2.45, 2.75) is 62.8 Å². The number of fused-ring (bicyclic) bond motifs is 6. The topological polar surface area (TPSA) is 173 Å². The molecule has 0 unspecified atom stereocenters. The molecule has 6 fully saturated rings. The number of carbonyl (C=O) groups is 2. The zero-order valence-electron chi connectivity index (χ0n) is 46.4. The molecule has 10 aromatic rings. The molecule has 6 aliphatic rings. The van der Waals surface area contributed by atoms with Crippen molar-refractivity contribution >= 4 is 57.2 Å². The van der Waals surface area contributed by atoms with E-state index in [1.807, 2.05) is 9.13 Å². The van der Waals surface area contributed by atoms with Crippen molar-refractivity contribution < 1.29 is 65.1 Å². The fraction of sp³-hybridized carbons (Fsp3) is 0.242. The first kappa shape index (κ1) is 58.2. The van der Waals surface area contributed by atoms with Crippen LogP contribution >= 0.6 is 23.2 Å². The molecule has 88 heavy (non-hydrogen) atoms. The average molecular weight is 1240 g/mol. The van der Waals surface area contributed by atoms with Gasteiger partial charge in [0.05, 0.1) is 68.9 Å². The number of aromatic nitrogens is 6. The molecule has 2 N–H and O–H groups in total. The van der Waals surface area contributed by atoms with E-state index >= 15 is 17.6 Å². The molecule has 4 aliphatic heterocycles. The molecular formula is C66H50Cl2F6N6O8. The molecule has 4 saturated heterocycles. The van der Waals surface area contributed by atoms with Crippen LogP contribution in [-0.2, 0) is 46.6 Å². The molecule has 0 spiro atoms. The van der Waals surface area contributed by atoms with Crippen molar-refractivity contribution in [3.8, 4) is 34.3 Å². The molecule has 4 aromatic heterocycles. The highest BCUT2D eigenvalue weighted by Gasteiger charge is 2.52.